The van der Waals surface area contributed by atoms with E-state index in [4.69, 9.17) is 0 Å². The van der Waals surface area contributed by atoms with Gasteiger partial charge in [-0.25, -0.2) is 0 Å². The molecule has 0 N–H and O–H groups in total. The molecule has 0 saturated heterocycles. The van der Waals surface area contributed by atoms with Gasteiger partial charge in [-0.15, -0.1) is 6.58 Å². The van der Waals surface area contributed by atoms with Crippen molar-refractivity contribution in [3.05, 3.63) is 12.7 Å². The lowest BCUT2D eigenvalue weighted by atomic mass is 10.1. The largest absolute Gasteiger partial charge is 0.288 e. The van der Waals surface area contributed by atoms with Crippen molar-refractivity contribution in [1.29, 1.82) is 0 Å². The molecule has 0 spiro atoms. The van der Waals surface area contributed by atoms with E-state index in [0.29, 0.717) is 6.17 Å². The molecule has 0 heterocycles. The minimum Gasteiger partial charge on any atom is -0.288 e. The average molecular weight is 327 g/mol. The molecule has 0 amide bonds. The summed E-state index contributed by atoms with van der Waals surface area (Å²) in [5, 5.41) is 0. The predicted octanol–water partition coefficient (Wildman–Crippen LogP) is 4.53. The molecule has 0 atom stereocenters. The SMILES string of the molecule is C=CC[SiH2]CCCC(N(CCC)CCC)N(CCC)CCC. The standard InChI is InChI=1S/C19H42N2Si/c1-6-13-20(14-7-2)19(12-11-18-22-17-10-5)21(15-8-3)16-9-4/h10,19H,5-9,11-18,22H2,1-4H3. The molecule has 0 fully saturated rings. The first-order valence-electron chi connectivity index (χ1n) is 9.83. The Labute approximate surface area is 143 Å². The van der Waals surface area contributed by atoms with Gasteiger partial charge in [-0.3, -0.25) is 9.80 Å². The van der Waals surface area contributed by atoms with Crippen molar-refractivity contribution >= 4 is 9.52 Å². The summed E-state index contributed by atoms with van der Waals surface area (Å²) in [6, 6.07) is 2.80. The van der Waals surface area contributed by atoms with E-state index in [0.717, 1.165) is 0 Å². The molecule has 0 aliphatic rings. The van der Waals surface area contributed by atoms with Crippen LogP contribution in [0, 0.1) is 0 Å². The van der Waals surface area contributed by atoms with Gasteiger partial charge in [0.2, 0.25) is 0 Å². The van der Waals surface area contributed by atoms with E-state index in [2.05, 4.69) is 50.1 Å². The van der Waals surface area contributed by atoms with Gasteiger partial charge in [-0.2, -0.15) is 0 Å². The quantitative estimate of drug-likeness (QED) is 0.178. The molecule has 0 aliphatic carbocycles. The smallest absolute Gasteiger partial charge is 0.0622 e. The lowest BCUT2D eigenvalue weighted by molar-refractivity contribution is 0.0343. The topological polar surface area (TPSA) is 6.48 Å². The molecule has 2 nitrogen and oxygen atoms in total. The zero-order valence-electron chi connectivity index (χ0n) is 15.9. The lowest BCUT2D eigenvalue weighted by Gasteiger charge is -2.40. The normalized spacial score (nSPS) is 12.3. The molecule has 22 heavy (non-hydrogen) atoms. The summed E-state index contributed by atoms with van der Waals surface area (Å²) >= 11 is 0. The Morgan fingerprint density at radius 2 is 1.32 bits per heavy atom. The Bertz CT molecular complexity index is 218. The van der Waals surface area contributed by atoms with Crippen LogP contribution in [0.25, 0.3) is 0 Å². The molecule has 0 rings (SSSR count). The van der Waals surface area contributed by atoms with Crippen LogP contribution in [0.5, 0.6) is 0 Å². The van der Waals surface area contributed by atoms with Gasteiger partial charge in [-0.05, 0) is 64.3 Å². The summed E-state index contributed by atoms with van der Waals surface area (Å²) in [5.41, 5.74) is 0. The van der Waals surface area contributed by atoms with Gasteiger partial charge >= 0.3 is 0 Å². The summed E-state index contributed by atoms with van der Waals surface area (Å²) in [6.07, 6.45) is 10.7. The van der Waals surface area contributed by atoms with Crippen LogP contribution >= 0.6 is 0 Å². The van der Waals surface area contributed by atoms with Crippen LogP contribution in [-0.2, 0) is 0 Å². The molecular formula is C19H42N2Si. The van der Waals surface area contributed by atoms with Crippen molar-refractivity contribution in [2.45, 2.75) is 84.5 Å². The Kier molecular flexibility index (Phi) is 15.7. The van der Waals surface area contributed by atoms with E-state index in [9.17, 15) is 0 Å². The zero-order valence-corrected chi connectivity index (χ0v) is 17.4. The minimum absolute atomic E-state index is 0.118. The first-order valence-corrected chi connectivity index (χ1v) is 11.8. The molecule has 0 aliphatic heterocycles. The second kappa shape index (κ2) is 15.8. The minimum atomic E-state index is 0.118. The van der Waals surface area contributed by atoms with Crippen molar-refractivity contribution in [3.8, 4) is 0 Å². The fourth-order valence-electron chi connectivity index (χ4n) is 3.36. The average Bonchev–Trinajstić information content (AvgIpc) is 2.51. The Hall–Kier alpha value is -0.123. The molecule has 0 bridgehead atoms. The van der Waals surface area contributed by atoms with Gasteiger partial charge in [0, 0.05) is 9.52 Å². The summed E-state index contributed by atoms with van der Waals surface area (Å²) < 4.78 is 0. The monoisotopic (exact) mass is 326 g/mol. The Morgan fingerprint density at radius 3 is 1.68 bits per heavy atom. The van der Waals surface area contributed by atoms with Crippen molar-refractivity contribution in [2.24, 2.45) is 0 Å². The highest BCUT2D eigenvalue weighted by molar-refractivity contribution is 6.35. The van der Waals surface area contributed by atoms with Crippen LogP contribution in [0.3, 0.4) is 0 Å². The van der Waals surface area contributed by atoms with Crippen LogP contribution in [0.2, 0.25) is 12.1 Å². The van der Waals surface area contributed by atoms with Gasteiger partial charge in [0.25, 0.3) is 0 Å². The number of rotatable bonds is 16. The molecule has 0 saturated carbocycles. The first-order chi connectivity index (χ1) is 10.7. The summed E-state index contributed by atoms with van der Waals surface area (Å²) in [4.78, 5) is 5.53. The number of allylic oxidation sites excluding steroid dienone is 1. The fourth-order valence-corrected chi connectivity index (χ4v) is 4.58. The summed E-state index contributed by atoms with van der Waals surface area (Å²) in [5.74, 6) is 0. The predicted molar refractivity (Wildman–Crippen MR) is 106 cm³/mol. The fraction of sp³-hybridized carbons (Fsp3) is 0.895. The van der Waals surface area contributed by atoms with Gasteiger partial charge in [0.1, 0.15) is 0 Å². The molecular weight excluding hydrogens is 284 g/mol. The van der Waals surface area contributed by atoms with E-state index >= 15 is 0 Å². The Balaban J connectivity index is 4.70. The molecule has 0 aromatic rings. The maximum atomic E-state index is 3.87. The van der Waals surface area contributed by atoms with Gasteiger partial charge in [0.05, 0.1) is 6.17 Å². The second-order valence-electron chi connectivity index (χ2n) is 6.48. The highest BCUT2D eigenvalue weighted by Gasteiger charge is 2.22. The maximum absolute atomic E-state index is 3.87. The third-order valence-corrected chi connectivity index (χ3v) is 6.07. The van der Waals surface area contributed by atoms with E-state index in [1.807, 2.05) is 0 Å². The maximum Gasteiger partial charge on any atom is 0.0622 e. The van der Waals surface area contributed by atoms with E-state index < -0.39 is 0 Å². The van der Waals surface area contributed by atoms with Crippen LogP contribution in [0.4, 0.5) is 0 Å². The van der Waals surface area contributed by atoms with Crippen LogP contribution in [0.1, 0.15) is 66.2 Å². The highest BCUT2D eigenvalue weighted by atomic mass is 28.2. The van der Waals surface area contributed by atoms with Crippen LogP contribution in [0.15, 0.2) is 12.7 Å². The van der Waals surface area contributed by atoms with Gasteiger partial charge < -0.3 is 0 Å². The van der Waals surface area contributed by atoms with Crippen molar-refractivity contribution in [1.82, 2.24) is 9.80 Å². The van der Waals surface area contributed by atoms with E-state index in [-0.39, 0.29) is 9.52 Å². The van der Waals surface area contributed by atoms with Crippen LogP contribution in [-0.4, -0.2) is 51.7 Å². The lowest BCUT2D eigenvalue weighted by Crippen LogP contribution is -2.49. The molecule has 3 heteroatoms. The van der Waals surface area contributed by atoms with Crippen molar-refractivity contribution in [2.75, 3.05) is 26.2 Å². The molecule has 0 aromatic heterocycles. The van der Waals surface area contributed by atoms with Crippen molar-refractivity contribution < 1.29 is 0 Å². The highest BCUT2D eigenvalue weighted by Crippen LogP contribution is 2.17. The van der Waals surface area contributed by atoms with E-state index in [1.54, 1.807) is 0 Å². The summed E-state index contributed by atoms with van der Waals surface area (Å²) in [6.45, 7) is 18.2. The summed E-state index contributed by atoms with van der Waals surface area (Å²) in [7, 11) is 0.118. The third-order valence-electron chi connectivity index (χ3n) is 4.26. The van der Waals surface area contributed by atoms with Gasteiger partial charge in [0.15, 0.2) is 0 Å². The molecule has 132 valence electrons. The molecule has 0 aromatic carbocycles. The third kappa shape index (κ3) is 9.81. The number of hydrogen-bond donors (Lipinski definition) is 0. The van der Waals surface area contributed by atoms with Gasteiger partial charge in [-0.1, -0.05) is 46.2 Å². The zero-order chi connectivity index (χ0) is 16.6. The first kappa shape index (κ1) is 21.9. The molecule has 0 radical (unpaired) electrons. The second-order valence-corrected chi connectivity index (χ2v) is 8.47. The van der Waals surface area contributed by atoms with E-state index in [1.165, 1.54) is 76.8 Å². The number of hydrogen-bond acceptors (Lipinski definition) is 2. The van der Waals surface area contributed by atoms with Crippen LogP contribution < -0.4 is 0 Å². The number of nitrogens with zero attached hydrogens (tertiary/aromatic N) is 2. The molecule has 0 unspecified atom stereocenters. The van der Waals surface area contributed by atoms with Crippen molar-refractivity contribution in [3.63, 3.8) is 0 Å². The Morgan fingerprint density at radius 1 is 0.864 bits per heavy atom.